The lowest BCUT2D eigenvalue weighted by molar-refractivity contribution is -0.739. The molecule has 0 amide bonds. The van der Waals surface area contributed by atoms with E-state index in [9.17, 15) is 0 Å². The van der Waals surface area contributed by atoms with Crippen molar-refractivity contribution in [3.63, 3.8) is 0 Å². The number of hydrogen-bond acceptors (Lipinski definition) is 4. The van der Waals surface area contributed by atoms with Crippen molar-refractivity contribution in [1.82, 2.24) is 9.78 Å². The van der Waals surface area contributed by atoms with E-state index < -0.39 is 0 Å². The maximum Gasteiger partial charge on any atom is 0.304 e. The number of fused-ring (bicyclic) bond motifs is 5. The third kappa shape index (κ3) is 2.15. The van der Waals surface area contributed by atoms with Crippen LogP contribution in [0, 0.1) is 0 Å². The largest absolute Gasteiger partial charge is 0.493 e. The molecule has 2 aromatic carbocycles. The highest BCUT2D eigenvalue weighted by Gasteiger charge is 2.43. The summed E-state index contributed by atoms with van der Waals surface area (Å²) >= 11 is 0. The van der Waals surface area contributed by atoms with Crippen LogP contribution in [0.15, 0.2) is 48.8 Å². The fourth-order valence-electron chi connectivity index (χ4n) is 4.09. The smallest absolute Gasteiger partial charge is 0.304 e. The van der Waals surface area contributed by atoms with Crippen molar-refractivity contribution in [2.45, 2.75) is 25.2 Å². The molecule has 3 aromatic rings. The molecule has 0 fully saturated rings. The second-order valence-corrected chi connectivity index (χ2v) is 6.59. The van der Waals surface area contributed by atoms with Crippen molar-refractivity contribution >= 4 is 0 Å². The molecule has 0 unspecified atom stereocenters. The van der Waals surface area contributed by atoms with Crippen molar-refractivity contribution in [1.29, 1.82) is 0 Å². The summed E-state index contributed by atoms with van der Waals surface area (Å²) in [5.74, 6) is 2.33. The number of methoxy groups -OCH3 is 2. The molecule has 0 saturated carbocycles. The lowest BCUT2D eigenvalue weighted by Crippen LogP contribution is -2.51. The van der Waals surface area contributed by atoms with Crippen LogP contribution in [-0.2, 0) is 17.8 Å². The summed E-state index contributed by atoms with van der Waals surface area (Å²) in [7, 11) is 3.31. The van der Waals surface area contributed by atoms with E-state index in [2.05, 4.69) is 28.8 Å². The molecular formula is C20H20N3O3+. The monoisotopic (exact) mass is 350 g/mol. The average molecular weight is 350 g/mol. The molecule has 26 heavy (non-hydrogen) atoms. The second-order valence-electron chi connectivity index (χ2n) is 6.59. The van der Waals surface area contributed by atoms with Gasteiger partial charge in [0.05, 0.1) is 14.2 Å². The maximum atomic E-state index is 6.11. The molecule has 1 aliphatic carbocycles. The molecular weight excluding hydrogens is 330 g/mol. The van der Waals surface area contributed by atoms with Gasteiger partial charge in [-0.2, -0.15) is 0 Å². The van der Waals surface area contributed by atoms with Gasteiger partial charge in [0.25, 0.3) is 0 Å². The Hall–Kier alpha value is -2.86. The highest BCUT2D eigenvalue weighted by molar-refractivity contribution is 5.56. The lowest BCUT2D eigenvalue weighted by atomic mass is 10.1. The first-order chi connectivity index (χ1) is 12.8. The number of benzene rings is 2. The Kier molecular flexibility index (Phi) is 3.46. The van der Waals surface area contributed by atoms with Crippen molar-refractivity contribution < 1.29 is 18.8 Å². The van der Waals surface area contributed by atoms with Crippen LogP contribution >= 0.6 is 0 Å². The number of rotatable bonds is 3. The van der Waals surface area contributed by atoms with Crippen molar-refractivity contribution in [3.05, 3.63) is 65.7 Å². The quantitative estimate of drug-likeness (QED) is 0.680. The van der Waals surface area contributed by atoms with Gasteiger partial charge in [-0.3, -0.25) is 0 Å². The first kappa shape index (κ1) is 15.4. The molecule has 132 valence electrons. The van der Waals surface area contributed by atoms with Crippen LogP contribution in [0.3, 0.4) is 0 Å². The molecule has 0 saturated heterocycles. The van der Waals surface area contributed by atoms with Crippen molar-refractivity contribution in [2.75, 3.05) is 14.2 Å². The number of hydrogen-bond donors (Lipinski definition) is 0. The zero-order valence-corrected chi connectivity index (χ0v) is 14.8. The standard InChI is InChI=1S/C20H20N3O3/c1-24-15-8-5-9-16(25-2)20(15)23-12-22-18(21-23)11-26-17-10-13-6-3-4-7-14(13)19(17)22/h3-9,12,17,19H,10-11H2,1-2H3/q+1/t17-,19+/m0/s1. The van der Waals surface area contributed by atoms with E-state index in [1.807, 2.05) is 29.2 Å². The third-order valence-electron chi connectivity index (χ3n) is 5.26. The van der Waals surface area contributed by atoms with Gasteiger partial charge in [0.2, 0.25) is 12.0 Å². The van der Waals surface area contributed by atoms with Gasteiger partial charge in [0.1, 0.15) is 18.8 Å². The van der Waals surface area contributed by atoms with Gasteiger partial charge in [-0.05, 0) is 23.3 Å². The summed E-state index contributed by atoms with van der Waals surface area (Å²) in [5.41, 5.74) is 3.46. The zero-order valence-electron chi connectivity index (χ0n) is 14.8. The Labute approximate surface area is 151 Å². The average Bonchev–Trinajstić information content (AvgIpc) is 3.27. The molecule has 6 nitrogen and oxygen atoms in total. The van der Waals surface area contributed by atoms with Gasteiger partial charge in [-0.25, -0.2) is 4.57 Å². The number of para-hydroxylation sites is 1. The Morgan fingerprint density at radius 3 is 2.62 bits per heavy atom. The van der Waals surface area contributed by atoms with Crippen molar-refractivity contribution in [2.24, 2.45) is 0 Å². The molecule has 1 aliphatic heterocycles. The molecule has 2 aliphatic rings. The Morgan fingerprint density at radius 1 is 1.08 bits per heavy atom. The second kappa shape index (κ2) is 5.85. The molecule has 5 rings (SSSR count). The van der Waals surface area contributed by atoms with E-state index in [0.29, 0.717) is 18.1 Å². The summed E-state index contributed by atoms with van der Waals surface area (Å²) < 4.78 is 21.2. The lowest BCUT2D eigenvalue weighted by Gasteiger charge is -2.23. The maximum absolute atomic E-state index is 6.11. The summed E-state index contributed by atoms with van der Waals surface area (Å²) in [6.45, 7) is 0.500. The number of ether oxygens (including phenoxy) is 3. The van der Waals surface area contributed by atoms with E-state index in [1.54, 1.807) is 14.2 Å². The molecule has 0 radical (unpaired) electrons. The Bertz CT molecular complexity index is 960. The van der Waals surface area contributed by atoms with Gasteiger partial charge in [-0.15, -0.1) is 0 Å². The Balaban J connectivity index is 1.66. The van der Waals surface area contributed by atoms with Gasteiger partial charge < -0.3 is 14.2 Å². The van der Waals surface area contributed by atoms with Gasteiger partial charge in [0.15, 0.2) is 11.5 Å². The minimum Gasteiger partial charge on any atom is -0.493 e. The summed E-state index contributed by atoms with van der Waals surface area (Å²) in [5, 5.41) is 4.77. The summed E-state index contributed by atoms with van der Waals surface area (Å²) in [4.78, 5) is 0. The molecule has 6 heteroatoms. The molecule has 0 N–H and O–H groups in total. The van der Waals surface area contributed by atoms with E-state index >= 15 is 0 Å². The SMILES string of the molecule is COc1cccc(OC)c1-n1c[n+]2c(n1)CO[C@H]1Cc3ccccc3[C@H]12. The number of nitrogens with zero attached hydrogens (tertiary/aromatic N) is 3. The van der Waals surface area contributed by atoms with Crippen LogP contribution < -0.4 is 14.0 Å². The molecule has 0 bridgehead atoms. The first-order valence-corrected chi connectivity index (χ1v) is 8.70. The first-order valence-electron chi connectivity index (χ1n) is 8.70. The predicted octanol–water partition coefficient (Wildman–Crippen LogP) is 2.22. The van der Waals surface area contributed by atoms with Gasteiger partial charge in [-0.1, -0.05) is 35.0 Å². The van der Waals surface area contributed by atoms with Crippen LogP contribution in [0.5, 0.6) is 11.5 Å². The fourth-order valence-corrected chi connectivity index (χ4v) is 4.09. The van der Waals surface area contributed by atoms with Gasteiger partial charge >= 0.3 is 5.82 Å². The number of aromatic nitrogens is 3. The van der Waals surface area contributed by atoms with E-state index in [0.717, 1.165) is 17.9 Å². The highest BCUT2D eigenvalue weighted by atomic mass is 16.5. The fraction of sp³-hybridized carbons (Fsp3) is 0.300. The molecule has 0 spiro atoms. The molecule has 2 atom stereocenters. The van der Waals surface area contributed by atoms with Crippen molar-refractivity contribution in [3.8, 4) is 17.2 Å². The van der Waals surface area contributed by atoms with Crippen LogP contribution in [0.25, 0.3) is 5.69 Å². The summed E-state index contributed by atoms with van der Waals surface area (Å²) in [6.07, 6.45) is 3.12. The van der Waals surface area contributed by atoms with E-state index in [1.165, 1.54) is 11.1 Å². The zero-order chi connectivity index (χ0) is 17.7. The Morgan fingerprint density at radius 2 is 1.85 bits per heavy atom. The van der Waals surface area contributed by atoms with Crippen LogP contribution in [0.4, 0.5) is 0 Å². The van der Waals surface area contributed by atoms with Crippen LogP contribution in [0.1, 0.15) is 23.0 Å². The summed E-state index contributed by atoms with van der Waals surface area (Å²) in [6, 6.07) is 14.4. The van der Waals surface area contributed by atoms with Crippen LogP contribution in [-0.4, -0.2) is 30.1 Å². The topological polar surface area (TPSA) is 49.4 Å². The highest BCUT2D eigenvalue weighted by Crippen LogP contribution is 2.37. The van der Waals surface area contributed by atoms with Gasteiger partial charge in [0, 0.05) is 11.5 Å². The molecule has 1 aromatic heterocycles. The normalized spacial score (nSPS) is 20.2. The predicted molar refractivity (Wildman–Crippen MR) is 93.7 cm³/mol. The third-order valence-corrected chi connectivity index (χ3v) is 5.26. The van der Waals surface area contributed by atoms with E-state index in [4.69, 9.17) is 19.3 Å². The van der Waals surface area contributed by atoms with E-state index in [-0.39, 0.29) is 12.1 Å². The minimum absolute atomic E-state index is 0.155. The minimum atomic E-state index is 0.155. The van der Waals surface area contributed by atoms with Crippen LogP contribution in [0.2, 0.25) is 0 Å². The molecule has 2 heterocycles.